The molecule has 7 heteroatoms. The van der Waals surface area contributed by atoms with Gasteiger partial charge >= 0.3 is 0 Å². The summed E-state index contributed by atoms with van der Waals surface area (Å²) in [6.07, 6.45) is -4.87. The van der Waals surface area contributed by atoms with E-state index in [4.69, 9.17) is 25.8 Å². The molecule has 3 rings (SSSR count). The second-order valence-electron chi connectivity index (χ2n) is 8.05. The maximum absolute atomic E-state index is 10.6. The maximum Gasteiger partial charge on any atom is 0.119 e. The van der Waals surface area contributed by atoms with Crippen molar-refractivity contribution in [3.05, 3.63) is 64.2 Å². The van der Waals surface area contributed by atoms with Crippen molar-refractivity contribution in [2.45, 2.75) is 63.8 Å². The smallest absolute Gasteiger partial charge is 0.119 e. The summed E-state index contributed by atoms with van der Waals surface area (Å²) < 4.78 is 17.0. The zero-order chi connectivity index (χ0) is 22.5. The third kappa shape index (κ3) is 5.98. The van der Waals surface area contributed by atoms with Crippen LogP contribution in [0.2, 0.25) is 5.02 Å². The lowest BCUT2D eigenvalue weighted by Crippen LogP contribution is -2.55. The van der Waals surface area contributed by atoms with E-state index in [1.165, 1.54) is 0 Å². The van der Waals surface area contributed by atoms with Crippen molar-refractivity contribution in [2.75, 3.05) is 13.2 Å². The molecular weight excluding hydrogens is 420 g/mol. The van der Waals surface area contributed by atoms with Crippen LogP contribution in [0, 0.1) is 0 Å². The Kier molecular flexibility index (Phi) is 8.33. The average Bonchev–Trinajstić information content (AvgIpc) is 2.75. The summed E-state index contributed by atoms with van der Waals surface area (Å²) in [6, 6.07) is 13.2. The molecule has 3 N–H and O–H groups in total. The van der Waals surface area contributed by atoms with Gasteiger partial charge in [-0.3, -0.25) is 0 Å². The van der Waals surface area contributed by atoms with Gasteiger partial charge in [0.1, 0.15) is 36.3 Å². The standard InChI is InChI=1S/C24H31ClO6/c1-4-29-18-8-5-15(6-9-18)11-17-12-16(7-10-19(17)25)24-23(28)22(27)21(26)20(31-24)13-30-14(2)3/h5-10,12,14,20-24,26-28H,4,11,13H2,1-3H3/t20-,21-,22+,23-,24+/m1/s1. The van der Waals surface area contributed by atoms with E-state index in [0.717, 1.165) is 16.9 Å². The van der Waals surface area contributed by atoms with Crippen LogP contribution in [0.25, 0.3) is 0 Å². The average molecular weight is 451 g/mol. The first-order valence-electron chi connectivity index (χ1n) is 10.6. The minimum absolute atomic E-state index is 0.0468. The van der Waals surface area contributed by atoms with Crippen LogP contribution in [0.4, 0.5) is 0 Å². The van der Waals surface area contributed by atoms with Crippen LogP contribution in [0.1, 0.15) is 43.6 Å². The van der Waals surface area contributed by atoms with Crippen LogP contribution in [0.15, 0.2) is 42.5 Å². The Morgan fingerprint density at radius 2 is 1.71 bits per heavy atom. The molecule has 0 spiro atoms. The molecule has 0 radical (unpaired) electrons. The first-order chi connectivity index (χ1) is 14.8. The number of halogens is 1. The van der Waals surface area contributed by atoms with Crippen LogP contribution in [-0.4, -0.2) is 59.1 Å². The number of ether oxygens (including phenoxy) is 3. The summed E-state index contributed by atoms with van der Waals surface area (Å²) >= 11 is 6.43. The Bertz CT molecular complexity index is 840. The van der Waals surface area contributed by atoms with E-state index in [2.05, 4.69) is 0 Å². The van der Waals surface area contributed by atoms with Gasteiger partial charge in [-0.05, 0) is 62.1 Å². The highest BCUT2D eigenvalue weighted by molar-refractivity contribution is 6.31. The van der Waals surface area contributed by atoms with Crippen molar-refractivity contribution in [3.8, 4) is 5.75 Å². The van der Waals surface area contributed by atoms with Gasteiger partial charge in [-0.25, -0.2) is 0 Å². The number of aliphatic hydroxyl groups is 3. The summed E-state index contributed by atoms with van der Waals surface area (Å²) in [5, 5.41) is 31.8. The van der Waals surface area contributed by atoms with Gasteiger partial charge < -0.3 is 29.5 Å². The molecule has 1 saturated heterocycles. The van der Waals surface area contributed by atoms with Crippen molar-refractivity contribution in [1.82, 2.24) is 0 Å². The van der Waals surface area contributed by atoms with Gasteiger partial charge in [-0.1, -0.05) is 35.9 Å². The molecule has 0 unspecified atom stereocenters. The molecule has 1 fully saturated rings. The van der Waals surface area contributed by atoms with Gasteiger partial charge in [-0.15, -0.1) is 0 Å². The largest absolute Gasteiger partial charge is 0.494 e. The Labute approximate surface area is 188 Å². The molecule has 31 heavy (non-hydrogen) atoms. The third-order valence-corrected chi connectivity index (χ3v) is 5.70. The summed E-state index contributed by atoms with van der Waals surface area (Å²) in [6.45, 7) is 6.43. The molecule has 2 aromatic carbocycles. The fourth-order valence-corrected chi connectivity index (χ4v) is 3.83. The van der Waals surface area contributed by atoms with Crippen molar-refractivity contribution in [2.24, 2.45) is 0 Å². The van der Waals surface area contributed by atoms with Crippen LogP contribution < -0.4 is 4.74 Å². The van der Waals surface area contributed by atoms with E-state index >= 15 is 0 Å². The topological polar surface area (TPSA) is 88.4 Å². The van der Waals surface area contributed by atoms with Crippen molar-refractivity contribution in [1.29, 1.82) is 0 Å². The molecule has 0 bridgehead atoms. The lowest BCUT2D eigenvalue weighted by molar-refractivity contribution is -0.237. The molecule has 2 aromatic rings. The number of rotatable bonds is 8. The lowest BCUT2D eigenvalue weighted by Gasteiger charge is -2.41. The molecule has 0 aliphatic carbocycles. The van der Waals surface area contributed by atoms with E-state index in [-0.39, 0.29) is 12.7 Å². The van der Waals surface area contributed by atoms with E-state index < -0.39 is 30.5 Å². The molecule has 1 aliphatic rings. The summed E-state index contributed by atoms with van der Waals surface area (Å²) in [5.74, 6) is 0.812. The van der Waals surface area contributed by atoms with Crippen molar-refractivity contribution < 1.29 is 29.5 Å². The highest BCUT2D eigenvalue weighted by Crippen LogP contribution is 2.34. The second-order valence-corrected chi connectivity index (χ2v) is 8.46. The molecule has 6 nitrogen and oxygen atoms in total. The molecular formula is C24H31ClO6. The van der Waals surface area contributed by atoms with Crippen LogP contribution in [0.3, 0.4) is 0 Å². The minimum Gasteiger partial charge on any atom is -0.494 e. The zero-order valence-corrected chi connectivity index (χ0v) is 18.8. The van der Waals surface area contributed by atoms with Gasteiger partial charge in [0.2, 0.25) is 0 Å². The molecule has 170 valence electrons. The highest BCUT2D eigenvalue weighted by atomic mass is 35.5. The van der Waals surface area contributed by atoms with E-state index in [9.17, 15) is 15.3 Å². The molecule has 0 aromatic heterocycles. The van der Waals surface area contributed by atoms with E-state index in [1.807, 2.05) is 51.1 Å². The summed E-state index contributed by atoms with van der Waals surface area (Å²) in [7, 11) is 0. The Hall–Kier alpha value is -1.67. The Morgan fingerprint density at radius 3 is 2.35 bits per heavy atom. The molecule has 1 aliphatic heterocycles. The highest BCUT2D eigenvalue weighted by Gasteiger charge is 2.44. The van der Waals surface area contributed by atoms with Crippen LogP contribution in [0.5, 0.6) is 5.75 Å². The minimum atomic E-state index is -1.34. The van der Waals surface area contributed by atoms with Gasteiger partial charge in [0, 0.05) is 5.02 Å². The fourth-order valence-electron chi connectivity index (χ4n) is 3.65. The first-order valence-corrected chi connectivity index (χ1v) is 11.0. The normalized spacial score (nSPS) is 26.3. The SMILES string of the molecule is CCOc1ccc(Cc2cc([C@@H]3O[C@H](COC(C)C)[C@@H](O)[C@H](O)[C@H]3O)ccc2Cl)cc1. The van der Waals surface area contributed by atoms with E-state index in [1.54, 1.807) is 12.1 Å². The monoisotopic (exact) mass is 450 g/mol. The van der Waals surface area contributed by atoms with Gasteiger partial charge in [0.05, 0.1) is 19.3 Å². The predicted octanol–water partition coefficient (Wildman–Crippen LogP) is 3.28. The number of benzene rings is 2. The van der Waals surface area contributed by atoms with Crippen LogP contribution in [-0.2, 0) is 15.9 Å². The first kappa shape index (κ1) is 24.0. The number of hydrogen-bond acceptors (Lipinski definition) is 6. The molecule has 0 amide bonds. The second kappa shape index (κ2) is 10.8. The predicted molar refractivity (Wildman–Crippen MR) is 119 cm³/mol. The summed E-state index contributed by atoms with van der Waals surface area (Å²) in [5.41, 5.74) is 2.61. The van der Waals surface area contributed by atoms with Gasteiger partial charge in [0.25, 0.3) is 0 Å². The zero-order valence-electron chi connectivity index (χ0n) is 18.1. The number of hydrogen-bond donors (Lipinski definition) is 3. The van der Waals surface area contributed by atoms with Crippen molar-refractivity contribution >= 4 is 11.6 Å². The summed E-state index contributed by atoms with van der Waals surface area (Å²) in [4.78, 5) is 0. The third-order valence-electron chi connectivity index (χ3n) is 5.33. The molecule has 0 saturated carbocycles. The van der Waals surface area contributed by atoms with Crippen molar-refractivity contribution in [3.63, 3.8) is 0 Å². The van der Waals surface area contributed by atoms with Crippen LogP contribution >= 0.6 is 11.6 Å². The lowest BCUT2D eigenvalue weighted by atomic mass is 9.90. The fraction of sp³-hybridized carbons (Fsp3) is 0.500. The molecule has 5 atom stereocenters. The Balaban J connectivity index is 1.80. The Morgan fingerprint density at radius 1 is 1.00 bits per heavy atom. The number of aliphatic hydroxyl groups excluding tert-OH is 3. The van der Waals surface area contributed by atoms with Gasteiger partial charge in [-0.2, -0.15) is 0 Å². The maximum atomic E-state index is 10.6. The quantitative estimate of drug-likeness (QED) is 0.572. The van der Waals surface area contributed by atoms with E-state index in [0.29, 0.717) is 23.6 Å². The van der Waals surface area contributed by atoms with Gasteiger partial charge in [0.15, 0.2) is 0 Å². The molecule has 1 heterocycles.